The first-order chi connectivity index (χ1) is 21.3. The normalized spacial score (nSPS) is 37.7. The van der Waals surface area contributed by atoms with Crippen LogP contribution in [0, 0.1) is 0 Å². The molecule has 3 aliphatic rings. The van der Waals surface area contributed by atoms with Crippen molar-refractivity contribution in [2.45, 2.75) is 49.2 Å². The lowest BCUT2D eigenvalue weighted by Gasteiger charge is -2.27. The summed E-state index contributed by atoms with van der Waals surface area (Å²) in [5.74, 6) is -0.223. The number of nitrogen functional groups attached to an aromatic ring is 2. The Kier molecular flexibility index (Phi) is 7.72. The van der Waals surface area contributed by atoms with Gasteiger partial charge >= 0.3 is 13.5 Å². The third-order valence-electron chi connectivity index (χ3n) is 7.23. The van der Waals surface area contributed by atoms with Crippen LogP contribution in [0.15, 0.2) is 23.8 Å². The molecule has 3 aliphatic heterocycles. The SMILES string of the molecule is Nc1nc2c(ncn2[C@@H]2O[C@@H]3COP(=O)(S)O[C@H]4C(F)[C@H](n5cnc6c(N)ncnc65)O[C@@H]4COP(O)(=S)O[C@@H]2[C@@H]3F)c(=O)[nH]1. The molecule has 3 fully saturated rings. The van der Waals surface area contributed by atoms with E-state index in [0.717, 1.165) is 17.2 Å². The lowest BCUT2D eigenvalue weighted by Crippen LogP contribution is -2.34. The number of hydrogen-bond acceptors (Lipinski definition) is 16. The molecule has 0 saturated carbocycles. The summed E-state index contributed by atoms with van der Waals surface area (Å²) in [4.78, 5) is 45.6. The summed E-state index contributed by atoms with van der Waals surface area (Å²) in [7, 11) is 0. The van der Waals surface area contributed by atoms with Gasteiger partial charge in [0.25, 0.3) is 5.56 Å². The number of aromatic nitrogens is 8. The molecule has 0 spiro atoms. The molecule has 0 amide bonds. The molecule has 0 radical (unpaired) electrons. The Balaban J connectivity index is 1.21. The molecule has 25 heteroatoms. The molecule has 19 nitrogen and oxygen atoms in total. The van der Waals surface area contributed by atoms with Crippen LogP contribution < -0.4 is 17.0 Å². The van der Waals surface area contributed by atoms with E-state index in [4.69, 9.17) is 50.8 Å². The summed E-state index contributed by atoms with van der Waals surface area (Å²) in [6, 6.07) is 0. The van der Waals surface area contributed by atoms with E-state index in [1.54, 1.807) is 0 Å². The van der Waals surface area contributed by atoms with E-state index in [0.29, 0.717) is 0 Å². The van der Waals surface area contributed by atoms with E-state index in [1.807, 2.05) is 0 Å². The molecule has 45 heavy (non-hydrogen) atoms. The van der Waals surface area contributed by atoms with Crippen molar-refractivity contribution < 1.29 is 45.8 Å². The van der Waals surface area contributed by atoms with Crippen LogP contribution >= 0.6 is 25.8 Å². The predicted molar refractivity (Wildman–Crippen MR) is 155 cm³/mol. The Labute approximate surface area is 259 Å². The number of aromatic amines is 1. The topological polar surface area (TPSA) is 252 Å². The lowest BCUT2D eigenvalue weighted by molar-refractivity contribution is -0.0584. The fraction of sp³-hybridized carbons (Fsp3) is 0.500. The van der Waals surface area contributed by atoms with Crippen LogP contribution in [0.3, 0.4) is 0 Å². The van der Waals surface area contributed by atoms with Gasteiger partial charge in [-0.05, 0) is 11.8 Å². The average Bonchev–Trinajstić information content (AvgIpc) is 3.72. The van der Waals surface area contributed by atoms with Crippen molar-refractivity contribution >= 4 is 71.7 Å². The van der Waals surface area contributed by atoms with Crippen LogP contribution in [0.2, 0.25) is 0 Å². The van der Waals surface area contributed by atoms with Crippen molar-refractivity contribution in [1.82, 2.24) is 39.0 Å². The minimum Gasteiger partial charge on any atom is -0.382 e. The summed E-state index contributed by atoms with van der Waals surface area (Å²) in [6.07, 6.45) is -9.83. The fourth-order valence-corrected chi connectivity index (χ4v) is 8.12. The highest BCUT2D eigenvalue weighted by molar-refractivity contribution is 8.44. The molecule has 242 valence electrons. The third kappa shape index (κ3) is 5.54. The monoisotopic (exact) mass is 710 g/mol. The third-order valence-corrected chi connectivity index (χ3v) is 10.4. The van der Waals surface area contributed by atoms with Gasteiger partial charge in [-0.2, -0.15) is 4.98 Å². The lowest BCUT2D eigenvalue weighted by atomic mass is 10.1. The second-order valence-corrected chi connectivity index (χ2v) is 15.7. The number of thiol groups is 1. The van der Waals surface area contributed by atoms with Gasteiger partial charge < -0.3 is 30.4 Å². The van der Waals surface area contributed by atoms with Crippen molar-refractivity contribution in [1.29, 1.82) is 0 Å². The van der Waals surface area contributed by atoms with Crippen molar-refractivity contribution in [3.05, 3.63) is 29.3 Å². The van der Waals surface area contributed by atoms with E-state index >= 15 is 8.78 Å². The van der Waals surface area contributed by atoms with Crippen molar-refractivity contribution in [2.24, 2.45) is 0 Å². The van der Waals surface area contributed by atoms with Gasteiger partial charge in [0.05, 0.1) is 25.9 Å². The van der Waals surface area contributed by atoms with Gasteiger partial charge in [-0.1, -0.05) is 12.2 Å². The second-order valence-electron chi connectivity index (χ2n) is 10.0. The molecule has 6 N–H and O–H groups in total. The molecule has 7 heterocycles. The first kappa shape index (κ1) is 30.9. The number of imidazole rings is 2. The molecule has 10 atom stereocenters. The average molecular weight is 711 g/mol. The quantitative estimate of drug-likeness (QED) is 0.142. The zero-order valence-corrected chi connectivity index (χ0v) is 25.8. The van der Waals surface area contributed by atoms with Gasteiger partial charge in [0.1, 0.15) is 36.3 Å². The van der Waals surface area contributed by atoms with Crippen molar-refractivity contribution in [2.75, 3.05) is 24.7 Å². The summed E-state index contributed by atoms with van der Waals surface area (Å²) < 4.78 is 81.0. The summed E-state index contributed by atoms with van der Waals surface area (Å²) in [5, 5.41) is 0. The van der Waals surface area contributed by atoms with E-state index in [9.17, 15) is 14.3 Å². The maximum atomic E-state index is 16.0. The molecular formula is C20H22F2N10O9P2S2. The molecular weight excluding hydrogens is 688 g/mol. The first-order valence-electron chi connectivity index (χ1n) is 12.9. The number of nitrogens with two attached hydrogens (primary N) is 2. The van der Waals surface area contributed by atoms with Crippen LogP contribution in [0.1, 0.15) is 12.5 Å². The van der Waals surface area contributed by atoms with Gasteiger partial charge in [-0.25, -0.2) is 33.3 Å². The summed E-state index contributed by atoms with van der Waals surface area (Å²) in [5.41, 5.74) is 10.9. The van der Waals surface area contributed by atoms with Gasteiger partial charge in [-0.15, -0.1) is 0 Å². The highest BCUT2D eigenvalue weighted by Gasteiger charge is 2.54. The predicted octanol–water partition coefficient (Wildman–Crippen LogP) is 0.667. The highest BCUT2D eigenvalue weighted by Crippen LogP contribution is 2.58. The van der Waals surface area contributed by atoms with Gasteiger partial charge in [0.15, 0.2) is 47.4 Å². The van der Waals surface area contributed by atoms with E-state index in [-0.39, 0.29) is 34.1 Å². The van der Waals surface area contributed by atoms with Crippen LogP contribution in [-0.2, 0) is 43.9 Å². The van der Waals surface area contributed by atoms with E-state index in [2.05, 4.69) is 42.2 Å². The van der Waals surface area contributed by atoms with Crippen LogP contribution in [0.4, 0.5) is 20.5 Å². The Morgan fingerprint density at radius 3 is 2.42 bits per heavy atom. The number of halogens is 2. The molecule has 0 aliphatic carbocycles. The number of rotatable bonds is 2. The summed E-state index contributed by atoms with van der Waals surface area (Å²) >= 11 is 9.12. The van der Waals surface area contributed by atoms with Gasteiger partial charge in [0.2, 0.25) is 5.95 Å². The molecule has 4 aromatic heterocycles. The van der Waals surface area contributed by atoms with Crippen LogP contribution in [0.25, 0.3) is 22.3 Å². The molecule has 3 unspecified atom stereocenters. The molecule has 2 bridgehead atoms. The fourth-order valence-electron chi connectivity index (χ4n) is 5.23. The number of anilines is 2. The summed E-state index contributed by atoms with van der Waals surface area (Å²) in [6.45, 7) is -10.2. The number of fused-ring (bicyclic) bond motifs is 5. The maximum Gasteiger partial charge on any atom is 0.386 e. The standard InChI is InChI=1S/C20H22F2N10O9P2S2/c21-8-6-1-36-42(34,44)40-12-7(39-18(9(12)22)31-4-27-10-14(23)25-3-26-15(10)31)2-37-43(35,45)41-13(8)19(38-6)32-5-28-11-16(32)29-20(24)30-17(11)33/h3-9,12-13,18-19H,1-2H2,(H,34,44)(H,35,45)(H2,23,25,26)(H3,24,29,30,33)/t6-,7-,8-,9?,12-,13-,18-,19-,42?,43?/m1/s1. The minimum absolute atomic E-state index is 0.0386. The van der Waals surface area contributed by atoms with Crippen molar-refractivity contribution in [3.63, 3.8) is 0 Å². The molecule has 4 aromatic rings. The highest BCUT2D eigenvalue weighted by atomic mass is 32.7. The van der Waals surface area contributed by atoms with Gasteiger partial charge in [-0.3, -0.25) is 32.5 Å². The zero-order valence-electron chi connectivity index (χ0n) is 22.3. The molecule has 7 rings (SSSR count). The molecule has 0 aromatic carbocycles. The second kappa shape index (κ2) is 11.2. The maximum absolute atomic E-state index is 16.0. The zero-order chi connectivity index (χ0) is 31.8. The minimum atomic E-state index is -4.45. The van der Waals surface area contributed by atoms with Crippen molar-refractivity contribution in [3.8, 4) is 0 Å². The van der Waals surface area contributed by atoms with Gasteiger partial charge in [0, 0.05) is 0 Å². The first-order valence-corrected chi connectivity index (χ1v) is 18.2. The smallest absolute Gasteiger partial charge is 0.382 e. The Morgan fingerprint density at radius 1 is 0.956 bits per heavy atom. The van der Waals surface area contributed by atoms with Crippen LogP contribution in [0.5, 0.6) is 0 Å². The number of nitrogens with zero attached hydrogens (tertiary/aromatic N) is 7. The van der Waals surface area contributed by atoms with E-state index < -0.39 is 81.5 Å². The van der Waals surface area contributed by atoms with Crippen LogP contribution in [-0.4, -0.2) is 93.9 Å². The Morgan fingerprint density at radius 2 is 1.64 bits per heavy atom. The number of ether oxygens (including phenoxy) is 2. The number of hydrogen-bond donors (Lipinski definition) is 5. The largest absolute Gasteiger partial charge is 0.386 e. The number of H-pyrrole nitrogens is 1. The number of alkyl halides is 2. The van der Waals surface area contributed by atoms with E-state index in [1.165, 1.54) is 10.9 Å². The Bertz CT molecular complexity index is 1950. The Hall–Kier alpha value is -2.69. The number of nitrogens with one attached hydrogen (secondary N) is 1. The molecule has 3 saturated heterocycles.